The molecule has 0 radical (unpaired) electrons. The van der Waals surface area contributed by atoms with Crippen LogP contribution in [0.4, 0.5) is 0 Å². The van der Waals surface area contributed by atoms with Crippen LogP contribution in [0.25, 0.3) is 0 Å². The lowest BCUT2D eigenvalue weighted by Crippen LogP contribution is -2.28. The van der Waals surface area contributed by atoms with Gasteiger partial charge in [0.05, 0.1) is 18.8 Å². The minimum absolute atomic E-state index is 0.358. The Morgan fingerprint density at radius 2 is 2.12 bits per heavy atom. The zero-order valence-electron chi connectivity index (χ0n) is 10.6. The van der Waals surface area contributed by atoms with Gasteiger partial charge in [-0.2, -0.15) is 0 Å². The maximum Gasteiger partial charge on any atom is 0.0690 e. The number of hydrogen-bond donors (Lipinski definition) is 1. The van der Waals surface area contributed by atoms with E-state index in [9.17, 15) is 0 Å². The van der Waals surface area contributed by atoms with Gasteiger partial charge in [-0.1, -0.05) is 13.5 Å². The van der Waals surface area contributed by atoms with Crippen LogP contribution >= 0.6 is 0 Å². The van der Waals surface area contributed by atoms with Crippen molar-refractivity contribution in [3.05, 3.63) is 12.2 Å². The first kappa shape index (κ1) is 13.7. The minimum Gasteiger partial charge on any atom is -0.381 e. The fourth-order valence-electron chi connectivity index (χ4n) is 2.06. The van der Waals surface area contributed by atoms with Crippen LogP contribution in [0.1, 0.15) is 32.6 Å². The molecule has 94 valence electrons. The van der Waals surface area contributed by atoms with E-state index < -0.39 is 0 Å². The Kier molecular flexibility index (Phi) is 6.69. The van der Waals surface area contributed by atoms with Gasteiger partial charge in [-0.15, -0.1) is 0 Å². The molecule has 2 atom stereocenters. The van der Waals surface area contributed by atoms with E-state index in [0.717, 1.165) is 31.5 Å². The van der Waals surface area contributed by atoms with Crippen molar-refractivity contribution in [2.24, 2.45) is 0 Å². The Hall–Kier alpha value is -0.380. The predicted octanol–water partition coefficient (Wildman–Crippen LogP) is 2.13. The topological polar surface area (TPSA) is 30.5 Å². The molecule has 0 bridgehead atoms. The highest BCUT2D eigenvalue weighted by Gasteiger charge is 2.22. The quantitative estimate of drug-likeness (QED) is 0.676. The molecule has 0 heterocycles. The van der Waals surface area contributed by atoms with E-state index in [1.807, 2.05) is 0 Å². The Morgan fingerprint density at radius 3 is 2.81 bits per heavy atom. The second-order valence-electron chi connectivity index (χ2n) is 4.49. The molecule has 0 aliphatic heterocycles. The average Bonchev–Trinajstić information content (AvgIpc) is 2.34. The lowest BCUT2D eigenvalue weighted by Gasteiger charge is -2.28. The van der Waals surface area contributed by atoms with Crippen LogP contribution in [-0.2, 0) is 9.47 Å². The van der Waals surface area contributed by atoms with Crippen molar-refractivity contribution >= 4 is 0 Å². The van der Waals surface area contributed by atoms with Crippen LogP contribution in [0.3, 0.4) is 0 Å². The third-order valence-corrected chi connectivity index (χ3v) is 3.06. The molecule has 0 saturated heterocycles. The van der Waals surface area contributed by atoms with Crippen molar-refractivity contribution in [2.75, 3.05) is 26.8 Å². The zero-order chi connectivity index (χ0) is 11.8. The molecule has 0 aromatic heterocycles. The molecule has 3 nitrogen and oxygen atoms in total. The number of likely N-dealkylation sites (N-methyl/N-ethyl adjacent to an activating group) is 1. The van der Waals surface area contributed by atoms with Gasteiger partial charge in [0.1, 0.15) is 0 Å². The molecule has 1 fully saturated rings. The third kappa shape index (κ3) is 5.10. The van der Waals surface area contributed by atoms with Crippen molar-refractivity contribution in [3.63, 3.8) is 0 Å². The van der Waals surface area contributed by atoms with Gasteiger partial charge >= 0.3 is 0 Å². The maximum atomic E-state index is 5.85. The fourth-order valence-corrected chi connectivity index (χ4v) is 2.06. The number of methoxy groups -OCH3 is 1. The second-order valence-corrected chi connectivity index (χ2v) is 4.49. The Bertz CT molecular complexity index is 206. The molecule has 1 aliphatic rings. The minimum atomic E-state index is 0.358. The van der Waals surface area contributed by atoms with Gasteiger partial charge in [0, 0.05) is 13.7 Å². The van der Waals surface area contributed by atoms with E-state index in [4.69, 9.17) is 9.47 Å². The first-order chi connectivity index (χ1) is 7.76. The predicted molar refractivity (Wildman–Crippen MR) is 66.7 cm³/mol. The molecule has 0 aromatic carbocycles. The summed E-state index contributed by atoms with van der Waals surface area (Å²) in [4.78, 5) is 0. The molecule has 1 aliphatic carbocycles. The van der Waals surface area contributed by atoms with Crippen LogP contribution in [0.15, 0.2) is 12.2 Å². The first-order valence-corrected chi connectivity index (χ1v) is 6.28. The van der Waals surface area contributed by atoms with E-state index in [0.29, 0.717) is 18.8 Å². The van der Waals surface area contributed by atoms with E-state index in [1.54, 1.807) is 7.11 Å². The highest BCUT2D eigenvalue weighted by Crippen LogP contribution is 2.23. The molecule has 16 heavy (non-hydrogen) atoms. The molecule has 2 unspecified atom stereocenters. The van der Waals surface area contributed by atoms with Crippen LogP contribution in [0.5, 0.6) is 0 Å². The summed E-state index contributed by atoms with van der Waals surface area (Å²) in [5.74, 6) is 0. The number of rotatable bonds is 7. The van der Waals surface area contributed by atoms with Crippen molar-refractivity contribution in [1.82, 2.24) is 5.32 Å². The van der Waals surface area contributed by atoms with Crippen molar-refractivity contribution in [3.8, 4) is 0 Å². The van der Waals surface area contributed by atoms with Crippen LogP contribution < -0.4 is 5.32 Å². The van der Waals surface area contributed by atoms with Crippen LogP contribution in [0, 0.1) is 0 Å². The molecule has 3 heteroatoms. The molecule has 1 rings (SSSR count). The Balaban J connectivity index is 2.14. The largest absolute Gasteiger partial charge is 0.381 e. The van der Waals surface area contributed by atoms with Crippen molar-refractivity contribution in [2.45, 2.75) is 44.8 Å². The van der Waals surface area contributed by atoms with Crippen molar-refractivity contribution < 1.29 is 9.47 Å². The van der Waals surface area contributed by atoms with Gasteiger partial charge in [-0.25, -0.2) is 0 Å². The summed E-state index contributed by atoms with van der Waals surface area (Å²) in [7, 11) is 1.79. The third-order valence-electron chi connectivity index (χ3n) is 3.06. The van der Waals surface area contributed by atoms with Gasteiger partial charge in [0.15, 0.2) is 0 Å². The summed E-state index contributed by atoms with van der Waals surface area (Å²) in [5, 5.41) is 3.25. The summed E-state index contributed by atoms with van der Waals surface area (Å²) in [6, 6.07) is 0. The number of nitrogens with one attached hydrogen (secondary N) is 1. The van der Waals surface area contributed by atoms with Crippen LogP contribution in [-0.4, -0.2) is 39.0 Å². The van der Waals surface area contributed by atoms with Gasteiger partial charge in [-0.05, 0) is 37.8 Å². The molecule has 0 aromatic rings. The second kappa shape index (κ2) is 7.82. The molecule has 1 saturated carbocycles. The first-order valence-electron chi connectivity index (χ1n) is 6.28. The zero-order valence-corrected chi connectivity index (χ0v) is 10.6. The molecular formula is C13H25NO2. The Morgan fingerprint density at radius 1 is 1.38 bits per heavy atom. The summed E-state index contributed by atoms with van der Waals surface area (Å²) in [5.41, 5.74) is 1.13. The van der Waals surface area contributed by atoms with Gasteiger partial charge in [0.25, 0.3) is 0 Å². The number of ether oxygens (including phenoxy) is 2. The standard InChI is InChI=1S/C13H25NO2/c1-4-14-9-11(2)10-16-13-7-5-6-12(8-13)15-3/h12-14H,2,4-10H2,1,3H3. The van der Waals surface area contributed by atoms with Gasteiger partial charge < -0.3 is 14.8 Å². The lowest BCUT2D eigenvalue weighted by atomic mass is 9.95. The summed E-state index contributed by atoms with van der Waals surface area (Å²) in [6.45, 7) is 8.61. The van der Waals surface area contributed by atoms with Crippen molar-refractivity contribution in [1.29, 1.82) is 0 Å². The van der Waals surface area contributed by atoms with Gasteiger partial charge in [-0.3, -0.25) is 0 Å². The summed E-state index contributed by atoms with van der Waals surface area (Å²) >= 11 is 0. The highest BCUT2D eigenvalue weighted by molar-refractivity contribution is 4.97. The monoisotopic (exact) mass is 227 g/mol. The highest BCUT2D eigenvalue weighted by atomic mass is 16.5. The smallest absolute Gasteiger partial charge is 0.0690 e. The molecule has 0 amide bonds. The van der Waals surface area contributed by atoms with Gasteiger partial charge in [0.2, 0.25) is 0 Å². The normalized spacial score (nSPS) is 25.6. The van der Waals surface area contributed by atoms with Crippen LogP contribution in [0.2, 0.25) is 0 Å². The van der Waals surface area contributed by atoms with E-state index >= 15 is 0 Å². The van der Waals surface area contributed by atoms with E-state index in [-0.39, 0.29) is 0 Å². The molecule has 1 N–H and O–H groups in total. The van der Waals surface area contributed by atoms with E-state index in [1.165, 1.54) is 12.8 Å². The SMILES string of the molecule is C=C(CNCC)COC1CCCC(OC)C1. The fraction of sp³-hybridized carbons (Fsp3) is 0.846. The lowest BCUT2D eigenvalue weighted by molar-refractivity contribution is -0.0224. The average molecular weight is 227 g/mol. The summed E-state index contributed by atoms with van der Waals surface area (Å²) < 4.78 is 11.2. The number of hydrogen-bond acceptors (Lipinski definition) is 3. The maximum absolute atomic E-state index is 5.85. The molecular weight excluding hydrogens is 202 g/mol. The van der Waals surface area contributed by atoms with E-state index in [2.05, 4.69) is 18.8 Å². The Labute approximate surface area is 99.2 Å². The molecule has 0 spiro atoms. The summed E-state index contributed by atoms with van der Waals surface area (Å²) in [6.07, 6.45) is 5.33.